The van der Waals surface area contributed by atoms with Crippen LogP contribution in [0.25, 0.3) is 0 Å². The first kappa shape index (κ1) is 51.8. The van der Waals surface area contributed by atoms with Gasteiger partial charge < -0.3 is 72.5 Å². The van der Waals surface area contributed by atoms with E-state index in [4.69, 9.17) is 46.5 Å². The minimum atomic E-state index is -2.64. The molecule has 0 aromatic heterocycles. The van der Waals surface area contributed by atoms with Crippen LogP contribution in [0.3, 0.4) is 0 Å². The van der Waals surface area contributed by atoms with Gasteiger partial charge in [-0.2, -0.15) is 0 Å². The molecule has 0 aliphatic heterocycles. The van der Waals surface area contributed by atoms with E-state index in [0.717, 1.165) is 6.42 Å². The molecule has 0 amide bonds. The largest absolute Gasteiger partial charge is 0.500 e. The van der Waals surface area contributed by atoms with Gasteiger partial charge in [0, 0.05) is 140 Å². The molecule has 0 bridgehead atoms. The van der Waals surface area contributed by atoms with Crippen LogP contribution in [-0.2, 0) is 40.8 Å². The van der Waals surface area contributed by atoms with Crippen LogP contribution in [0.5, 0.6) is 0 Å². The summed E-state index contributed by atoms with van der Waals surface area (Å²) >= 11 is 0. The van der Waals surface area contributed by atoms with E-state index in [9.17, 15) is 15.3 Å². The number of nitrogens with zero attached hydrogens (tertiary/aromatic N) is 2. The fourth-order valence-electron chi connectivity index (χ4n) is 5.30. The lowest BCUT2D eigenvalue weighted by Crippen LogP contribution is -2.46. The number of aliphatic hydroxyl groups is 3. The van der Waals surface area contributed by atoms with Gasteiger partial charge in [-0.15, -0.1) is 0 Å². The first-order valence-corrected chi connectivity index (χ1v) is 22.3. The topological polar surface area (TPSA) is 200 Å². The Morgan fingerprint density at radius 1 is 0.596 bits per heavy atom. The highest BCUT2D eigenvalue weighted by molar-refractivity contribution is 6.60. The molecule has 0 fully saturated rings. The molecule has 0 aromatic carbocycles. The molecule has 17 nitrogen and oxygen atoms in total. The molecular formula is C33H77N5O12Si2. The van der Waals surface area contributed by atoms with Gasteiger partial charge in [0.15, 0.2) is 0 Å². The number of rotatable bonds is 37. The molecule has 0 heterocycles. The Hall–Kier alpha value is -0.246. The van der Waals surface area contributed by atoms with Crippen LogP contribution < -0.4 is 16.4 Å². The smallest absolute Gasteiger partial charge is 0.389 e. The molecular weight excluding hydrogens is 715 g/mol. The number of nitrogens with one attached hydrogen (secondary N) is 2. The molecule has 0 radical (unpaired) electrons. The third-order valence-corrected chi connectivity index (χ3v) is 14.0. The second-order valence-corrected chi connectivity index (χ2v) is 19.9. The van der Waals surface area contributed by atoms with Gasteiger partial charge in [-0.3, -0.25) is 9.80 Å². The second kappa shape index (κ2) is 30.9. The van der Waals surface area contributed by atoms with E-state index in [2.05, 4.69) is 20.4 Å². The number of ether oxygens (including phenoxy) is 3. The predicted molar refractivity (Wildman–Crippen MR) is 205 cm³/mol. The SMILES string of the molecule is CO[Si](CCCOCC(O)CNCCNCCN(CCN(CCN)CC(O)COCCC[Si](OC)(OC)OC)CC(O)COC(C)(C)C)(OC)OC. The Bertz CT molecular complexity index is 803. The lowest BCUT2D eigenvalue weighted by molar-refractivity contribution is -0.0565. The number of nitrogens with two attached hydrogens (primary N) is 1. The van der Waals surface area contributed by atoms with Crippen LogP contribution in [-0.4, -0.2) is 214 Å². The molecule has 7 N–H and O–H groups in total. The van der Waals surface area contributed by atoms with E-state index in [1.807, 2.05) is 20.8 Å². The van der Waals surface area contributed by atoms with Gasteiger partial charge in [0.2, 0.25) is 0 Å². The molecule has 0 saturated carbocycles. The Morgan fingerprint density at radius 2 is 1.04 bits per heavy atom. The summed E-state index contributed by atoms with van der Waals surface area (Å²) < 4.78 is 49.7. The van der Waals surface area contributed by atoms with Crippen molar-refractivity contribution in [2.75, 3.05) is 148 Å². The predicted octanol–water partition coefficient (Wildman–Crippen LogP) is -0.804. The van der Waals surface area contributed by atoms with E-state index in [1.165, 1.54) is 0 Å². The molecule has 3 unspecified atom stereocenters. The van der Waals surface area contributed by atoms with Crippen molar-refractivity contribution in [3.63, 3.8) is 0 Å². The van der Waals surface area contributed by atoms with Crippen LogP contribution >= 0.6 is 0 Å². The average Bonchev–Trinajstić information content (AvgIpc) is 3.12. The van der Waals surface area contributed by atoms with E-state index in [0.29, 0.717) is 104 Å². The van der Waals surface area contributed by atoms with Crippen molar-refractivity contribution in [2.45, 2.75) is 69.6 Å². The van der Waals surface area contributed by atoms with E-state index in [-0.39, 0.29) is 25.4 Å². The second-order valence-electron chi connectivity index (χ2n) is 13.7. The lowest BCUT2D eigenvalue weighted by Gasteiger charge is -2.31. The highest BCUT2D eigenvalue weighted by Crippen LogP contribution is 2.16. The summed E-state index contributed by atoms with van der Waals surface area (Å²) in [5, 5.41) is 38.4. The van der Waals surface area contributed by atoms with Crippen molar-refractivity contribution in [3.8, 4) is 0 Å². The van der Waals surface area contributed by atoms with Gasteiger partial charge in [0.25, 0.3) is 0 Å². The first-order chi connectivity index (χ1) is 24.8. The average molecular weight is 792 g/mol. The van der Waals surface area contributed by atoms with Crippen molar-refractivity contribution < 1.29 is 56.1 Å². The quantitative estimate of drug-likeness (QED) is 0.0337. The summed E-state index contributed by atoms with van der Waals surface area (Å²) in [7, 11) is 4.28. The molecule has 0 rings (SSSR count). The maximum Gasteiger partial charge on any atom is 0.500 e. The summed E-state index contributed by atoms with van der Waals surface area (Å²) in [5.41, 5.74) is 5.57. The Labute approximate surface area is 316 Å². The fraction of sp³-hybridized carbons (Fsp3) is 1.00. The fourth-order valence-corrected chi connectivity index (χ4v) is 8.68. The first-order valence-electron chi connectivity index (χ1n) is 18.5. The molecule has 0 aromatic rings. The molecule has 19 heteroatoms. The van der Waals surface area contributed by atoms with Crippen molar-refractivity contribution in [1.29, 1.82) is 0 Å². The van der Waals surface area contributed by atoms with Crippen molar-refractivity contribution in [3.05, 3.63) is 0 Å². The van der Waals surface area contributed by atoms with Crippen LogP contribution in [0, 0.1) is 0 Å². The minimum absolute atomic E-state index is 0.206. The van der Waals surface area contributed by atoms with Crippen LogP contribution in [0.15, 0.2) is 0 Å². The summed E-state index contributed by atoms with van der Waals surface area (Å²) in [6.07, 6.45) is -0.519. The van der Waals surface area contributed by atoms with E-state index < -0.39 is 35.9 Å². The molecule has 0 aliphatic carbocycles. The van der Waals surface area contributed by atoms with Gasteiger partial charge in [-0.25, -0.2) is 0 Å². The summed E-state index contributed by atoms with van der Waals surface area (Å²) in [4.78, 5) is 4.32. The van der Waals surface area contributed by atoms with Gasteiger partial charge in [-0.05, 0) is 33.6 Å². The molecule has 0 saturated heterocycles. The molecule has 314 valence electrons. The summed E-state index contributed by atoms with van der Waals surface area (Å²) in [6.45, 7) is 14.1. The van der Waals surface area contributed by atoms with Crippen LogP contribution in [0.2, 0.25) is 12.1 Å². The monoisotopic (exact) mass is 792 g/mol. The number of hydrogen-bond donors (Lipinski definition) is 6. The third kappa shape index (κ3) is 25.8. The molecule has 52 heavy (non-hydrogen) atoms. The zero-order valence-corrected chi connectivity index (χ0v) is 35.9. The molecule has 0 spiro atoms. The zero-order chi connectivity index (χ0) is 39.3. The summed E-state index contributed by atoms with van der Waals surface area (Å²) in [6, 6.07) is 1.27. The van der Waals surface area contributed by atoms with Crippen molar-refractivity contribution >= 4 is 17.6 Å². The number of aliphatic hydroxyl groups excluding tert-OH is 3. The standard InChI is InChI=1S/C33H77N5O12Si2/c1-33(2,3)50-29-32(41)26-38(17-15-35-13-14-36-24-30(39)27-48-20-10-22-51(42-4,43-5)44-6)19-18-37(16-12-34)25-31(40)28-49-21-11-23-52(45-7,46-8)47-9/h30-32,35-36,39-41H,10-29,34H2,1-9H3. The summed E-state index contributed by atoms with van der Waals surface area (Å²) in [5.74, 6) is 0. The Balaban J connectivity index is 4.66. The van der Waals surface area contributed by atoms with Gasteiger partial charge in [-0.1, -0.05) is 0 Å². The number of hydrogen-bond acceptors (Lipinski definition) is 17. The third-order valence-electron chi connectivity index (χ3n) is 8.32. The highest BCUT2D eigenvalue weighted by atomic mass is 28.4. The zero-order valence-electron chi connectivity index (χ0n) is 33.9. The Morgan fingerprint density at radius 3 is 1.50 bits per heavy atom. The van der Waals surface area contributed by atoms with E-state index in [1.54, 1.807) is 42.7 Å². The van der Waals surface area contributed by atoms with Gasteiger partial charge >= 0.3 is 17.6 Å². The van der Waals surface area contributed by atoms with Crippen LogP contribution in [0.4, 0.5) is 0 Å². The lowest BCUT2D eigenvalue weighted by atomic mass is 10.2. The van der Waals surface area contributed by atoms with Crippen LogP contribution in [0.1, 0.15) is 33.6 Å². The van der Waals surface area contributed by atoms with Gasteiger partial charge in [0.05, 0.1) is 43.7 Å². The molecule has 0 aliphatic rings. The van der Waals surface area contributed by atoms with Crippen molar-refractivity contribution in [2.24, 2.45) is 5.73 Å². The highest BCUT2D eigenvalue weighted by Gasteiger charge is 2.37. The normalized spacial score (nSPS) is 14.8. The molecule has 3 atom stereocenters. The maximum atomic E-state index is 10.8. The van der Waals surface area contributed by atoms with Crippen molar-refractivity contribution in [1.82, 2.24) is 20.4 Å². The minimum Gasteiger partial charge on any atom is -0.389 e. The van der Waals surface area contributed by atoms with E-state index >= 15 is 0 Å². The maximum absolute atomic E-state index is 10.8. The van der Waals surface area contributed by atoms with Gasteiger partial charge in [0.1, 0.15) is 0 Å². The Kier molecular flexibility index (Phi) is 30.8.